The zero-order valence-electron chi connectivity index (χ0n) is 11.1. The second-order valence-electron chi connectivity index (χ2n) is 4.27. The molecule has 0 aliphatic heterocycles. The van der Waals surface area contributed by atoms with Gasteiger partial charge in [0.25, 0.3) is 0 Å². The third-order valence-corrected chi connectivity index (χ3v) is 3.35. The summed E-state index contributed by atoms with van der Waals surface area (Å²) in [5.41, 5.74) is 0. The summed E-state index contributed by atoms with van der Waals surface area (Å²) in [5.74, 6) is -4.12. The minimum atomic E-state index is -4.22. The number of hydrogen-bond donors (Lipinski definition) is 1. The molecule has 0 bridgehead atoms. The topological polar surface area (TPSA) is 47.0 Å². The fourth-order valence-electron chi connectivity index (χ4n) is 1.48. The van der Waals surface area contributed by atoms with Gasteiger partial charge >= 0.3 is 12.3 Å². The van der Waals surface area contributed by atoms with Crippen LogP contribution in [-0.4, -0.2) is 35.5 Å². The summed E-state index contributed by atoms with van der Waals surface area (Å²) in [5, 5.41) is 5.02. The summed E-state index contributed by atoms with van der Waals surface area (Å²) in [6.45, 7) is 1.11. The van der Waals surface area contributed by atoms with Crippen LogP contribution in [0.1, 0.15) is 13.3 Å². The van der Waals surface area contributed by atoms with Gasteiger partial charge in [0.05, 0.1) is 5.39 Å². The number of hydrogen-bond acceptors (Lipinski definition) is 5. The highest BCUT2D eigenvalue weighted by atomic mass is 32.1. The molecule has 0 unspecified atom stereocenters. The van der Waals surface area contributed by atoms with Gasteiger partial charge in [-0.1, -0.05) is 6.92 Å². The Bertz CT molecular complexity index is 605. The molecule has 0 amide bonds. The minimum Gasteiger partial charge on any atom is -0.470 e. The number of fused-ring (bicyclic) bond motifs is 1. The van der Waals surface area contributed by atoms with Gasteiger partial charge in [0, 0.05) is 6.54 Å². The normalized spacial score (nSPS) is 12.1. The van der Waals surface area contributed by atoms with E-state index in [9.17, 15) is 17.6 Å². The molecule has 2 aromatic rings. The molecule has 0 fully saturated rings. The first kappa shape index (κ1) is 15.7. The van der Waals surface area contributed by atoms with Crippen LogP contribution < -0.4 is 10.1 Å². The Morgan fingerprint density at radius 3 is 2.81 bits per heavy atom. The lowest BCUT2D eigenvalue weighted by Gasteiger charge is -2.16. The minimum absolute atomic E-state index is 0.125. The summed E-state index contributed by atoms with van der Waals surface area (Å²) < 4.78 is 55.0. The van der Waals surface area contributed by atoms with E-state index in [0.717, 1.165) is 6.42 Å². The van der Waals surface area contributed by atoms with Crippen molar-refractivity contribution >= 4 is 27.5 Å². The van der Waals surface area contributed by atoms with Gasteiger partial charge in [0.1, 0.15) is 4.83 Å². The van der Waals surface area contributed by atoms with E-state index in [0.29, 0.717) is 16.8 Å². The van der Waals surface area contributed by atoms with Crippen LogP contribution in [0.2, 0.25) is 0 Å². The number of aromatic nitrogens is 2. The zero-order valence-corrected chi connectivity index (χ0v) is 11.9. The molecule has 2 rings (SSSR count). The van der Waals surface area contributed by atoms with Crippen molar-refractivity contribution in [1.29, 1.82) is 0 Å². The number of nitrogens with one attached hydrogen (secondary N) is 1. The average Bonchev–Trinajstić information content (AvgIpc) is 2.90. The highest BCUT2D eigenvalue weighted by molar-refractivity contribution is 7.16. The highest BCUT2D eigenvalue weighted by Gasteiger charge is 2.42. The zero-order chi connectivity index (χ0) is 15.5. The van der Waals surface area contributed by atoms with Gasteiger partial charge < -0.3 is 10.1 Å². The van der Waals surface area contributed by atoms with E-state index in [1.54, 1.807) is 11.4 Å². The summed E-state index contributed by atoms with van der Waals surface area (Å²) >= 11 is 1.28. The van der Waals surface area contributed by atoms with E-state index in [2.05, 4.69) is 15.3 Å². The number of anilines is 1. The molecule has 2 aromatic heterocycles. The van der Waals surface area contributed by atoms with Gasteiger partial charge in [-0.2, -0.15) is 13.8 Å². The van der Waals surface area contributed by atoms with E-state index in [1.165, 1.54) is 11.3 Å². The first-order valence-corrected chi connectivity index (χ1v) is 7.10. The number of nitrogens with zero attached hydrogens (tertiary/aromatic N) is 2. The van der Waals surface area contributed by atoms with Crippen molar-refractivity contribution in [3.63, 3.8) is 0 Å². The predicted molar refractivity (Wildman–Crippen MR) is 72.6 cm³/mol. The van der Waals surface area contributed by atoms with E-state index >= 15 is 0 Å². The summed E-state index contributed by atoms with van der Waals surface area (Å²) in [6.07, 6.45) is -2.96. The largest absolute Gasteiger partial charge is 0.470 e. The summed E-state index contributed by atoms with van der Waals surface area (Å²) in [4.78, 5) is 8.69. The molecule has 0 radical (unpaired) electrons. The maximum atomic E-state index is 12.9. The molecular formula is C12H13F4N3OS. The van der Waals surface area contributed by atoms with Gasteiger partial charge in [0.2, 0.25) is 11.8 Å². The quantitative estimate of drug-likeness (QED) is 0.788. The van der Waals surface area contributed by atoms with Crippen LogP contribution in [0.15, 0.2) is 11.4 Å². The Kier molecular flexibility index (Phi) is 4.81. The van der Waals surface area contributed by atoms with Crippen LogP contribution in [-0.2, 0) is 0 Å². The number of ether oxygens (including phenoxy) is 1. The number of halogens is 4. The van der Waals surface area contributed by atoms with Gasteiger partial charge in [-0.05, 0) is 17.9 Å². The van der Waals surface area contributed by atoms with Gasteiger partial charge in [-0.25, -0.2) is 13.8 Å². The summed E-state index contributed by atoms with van der Waals surface area (Å²) in [7, 11) is 0. The van der Waals surface area contributed by atoms with E-state index in [-0.39, 0.29) is 11.8 Å². The fourth-order valence-corrected chi connectivity index (χ4v) is 2.24. The molecule has 0 aliphatic carbocycles. The van der Waals surface area contributed by atoms with Gasteiger partial charge in [-0.15, -0.1) is 11.3 Å². The Hall–Kier alpha value is -1.64. The number of alkyl halides is 4. The SMILES string of the molecule is CCCNc1nc(OCC(F)(F)C(F)F)c2ccsc2n1. The van der Waals surface area contributed by atoms with Crippen molar-refractivity contribution in [3.05, 3.63) is 11.4 Å². The molecule has 0 atom stereocenters. The van der Waals surface area contributed by atoms with E-state index < -0.39 is 19.0 Å². The molecule has 0 saturated heterocycles. The summed E-state index contributed by atoms with van der Waals surface area (Å²) in [6, 6.07) is 1.60. The smallest absolute Gasteiger partial charge is 0.340 e. The second kappa shape index (κ2) is 6.42. The van der Waals surface area contributed by atoms with Crippen molar-refractivity contribution in [2.75, 3.05) is 18.5 Å². The fraction of sp³-hybridized carbons (Fsp3) is 0.500. The molecule has 21 heavy (non-hydrogen) atoms. The van der Waals surface area contributed by atoms with Crippen molar-refractivity contribution in [2.24, 2.45) is 0 Å². The van der Waals surface area contributed by atoms with Crippen LogP contribution >= 0.6 is 11.3 Å². The van der Waals surface area contributed by atoms with Crippen LogP contribution in [0, 0.1) is 0 Å². The lowest BCUT2D eigenvalue weighted by Crippen LogP contribution is -2.34. The molecule has 0 aliphatic rings. The van der Waals surface area contributed by atoms with Crippen molar-refractivity contribution in [1.82, 2.24) is 9.97 Å². The third kappa shape index (κ3) is 3.72. The molecule has 0 aromatic carbocycles. The molecule has 116 valence electrons. The highest BCUT2D eigenvalue weighted by Crippen LogP contribution is 2.30. The second-order valence-corrected chi connectivity index (χ2v) is 5.16. The third-order valence-electron chi connectivity index (χ3n) is 2.54. The average molecular weight is 323 g/mol. The molecule has 2 heterocycles. The molecule has 0 spiro atoms. The Balaban J connectivity index is 2.22. The Labute approximate surface area is 122 Å². The van der Waals surface area contributed by atoms with Crippen LogP contribution in [0.4, 0.5) is 23.5 Å². The monoisotopic (exact) mass is 323 g/mol. The van der Waals surface area contributed by atoms with E-state index in [1.807, 2.05) is 6.92 Å². The molecule has 9 heteroatoms. The lowest BCUT2D eigenvalue weighted by molar-refractivity contribution is -0.148. The van der Waals surface area contributed by atoms with Crippen LogP contribution in [0.3, 0.4) is 0 Å². The number of thiophene rings is 1. The standard InChI is InChI=1S/C12H13F4N3OS/c1-2-4-17-11-18-8(7-3-5-21-9(7)19-11)20-6-12(15,16)10(13)14/h3,5,10H,2,4,6H2,1H3,(H,17,18,19). The maximum absolute atomic E-state index is 12.9. The first-order chi connectivity index (χ1) is 9.94. The molecule has 1 N–H and O–H groups in total. The van der Waals surface area contributed by atoms with Gasteiger partial charge in [-0.3, -0.25) is 0 Å². The van der Waals surface area contributed by atoms with Gasteiger partial charge in [0.15, 0.2) is 6.61 Å². The van der Waals surface area contributed by atoms with Crippen molar-refractivity contribution in [3.8, 4) is 5.88 Å². The molecule has 4 nitrogen and oxygen atoms in total. The molecule has 0 saturated carbocycles. The lowest BCUT2D eigenvalue weighted by atomic mass is 10.3. The maximum Gasteiger partial charge on any atom is 0.340 e. The van der Waals surface area contributed by atoms with Crippen LogP contribution in [0.5, 0.6) is 5.88 Å². The number of rotatable bonds is 7. The van der Waals surface area contributed by atoms with E-state index in [4.69, 9.17) is 4.74 Å². The Morgan fingerprint density at radius 1 is 1.38 bits per heavy atom. The molecular weight excluding hydrogens is 310 g/mol. The predicted octanol–water partition coefficient (Wildman–Crippen LogP) is 3.79. The first-order valence-electron chi connectivity index (χ1n) is 6.22. The van der Waals surface area contributed by atoms with Crippen molar-refractivity contribution in [2.45, 2.75) is 25.7 Å². The van der Waals surface area contributed by atoms with Crippen LogP contribution in [0.25, 0.3) is 10.2 Å². The van der Waals surface area contributed by atoms with Crippen molar-refractivity contribution < 1.29 is 22.3 Å². The Morgan fingerprint density at radius 2 is 2.14 bits per heavy atom.